The summed E-state index contributed by atoms with van der Waals surface area (Å²) < 4.78 is 22.3. The van der Waals surface area contributed by atoms with Crippen LogP contribution in [-0.4, -0.2) is 28.4 Å². The molecule has 16 aromatic carbocycles. The third kappa shape index (κ3) is 14.5. The third-order valence-electron chi connectivity index (χ3n) is 21.0. The Morgan fingerprint density at radius 1 is 0.185 bits per heavy atom. The van der Waals surface area contributed by atoms with E-state index in [1.54, 1.807) is 28.4 Å². The van der Waals surface area contributed by atoms with Gasteiger partial charge in [0, 0.05) is 77.8 Å². The maximum absolute atomic E-state index is 5.57. The molecule has 0 atom stereocenters. The Morgan fingerprint density at radius 3 is 0.491 bits per heavy atom. The van der Waals surface area contributed by atoms with Gasteiger partial charge in [0.05, 0.1) is 51.2 Å². The topological polar surface area (TPSA) is 49.9 Å². The molecule has 0 saturated carbocycles. The van der Waals surface area contributed by atoms with E-state index in [4.69, 9.17) is 18.9 Å². The lowest BCUT2D eigenvalue weighted by molar-refractivity contribution is 0.414. The van der Waals surface area contributed by atoms with Gasteiger partial charge in [0.1, 0.15) is 23.0 Å². The van der Waals surface area contributed by atoms with Crippen molar-refractivity contribution in [2.24, 2.45) is 0 Å². The lowest BCUT2D eigenvalue weighted by atomic mass is 9.89. The summed E-state index contributed by atoms with van der Waals surface area (Å²) >= 11 is 0. The Kier molecular flexibility index (Phi) is 19.6. The fourth-order valence-corrected chi connectivity index (χ4v) is 15.1. The molecule has 0 aromatic heterocycles. The molecule has 530 valence electrons. The van der Waals surface area contributed by atoms with Crippen molar-refractivity contribution in [1.82, 2.24) is 0 Å². The number of hydrogen-bond donors (Lipinski definition) is 0. The molecule has 16 aromatic rings. The highest BCUT2D eigenvalue weighted by atomic mass is 16.5. The molecule has 8 heteroatoms. The van der Waals surface area contributed by atoms with Gasteiger partial charge in [-0.05, 0) is 256 Å². The first-order chi connectivity index (χ1) is 52.9. The van der Waals surface area contributed by atoms with Gasteiger partial charge in [-0.25, -0.2) is 0 Å². The number of rotatable bonds is 24. The van der Waals surface area contributed by atoms with E-state index in [0.717, 1.165) is 149 Å². The van der Waals surface area contributed by atoms with Gasteiger partial charge in [-0.15, -0.1) is 0 Å². The molecule has 16 rings (SSSR count). The fourth-order valence-electron chi connectivity index (χ4n) is 15.1. The predicted octanol–water partition coefficient (Wildman–Crippen LogP) is 26.1. The highest BCUT2D eigenvalue weighted by molar-refractivity contribution is 6.33. The fraction of sp³-hybridized carbons (Fsp3) is 0.120. The summed E-state index contributed by atoms with van der Waals surface area (Å²) in [6.07, 6.45) is 3.09. The van der Waals surface area contributed by atoms with Crippen LogP contribution in [0, 0.1) is 27.7 Å². The molecule has 0 heterocycles. The van der Waals surface area contributed by atoms with Crippen molar-refractivity contribution in [3.05, 3.63) is 394 Å². The van der Waals surface area contributed by atoms with E-state index in [-0.39, 0.29) is 0 Å². The van der Waals surface area contributed by atoms with Crippen molar-refractivity contribution in [1.29, 1.82) is 0 Å². The molecule has 0 amide bonds. The number of benzene rings is 16. The molecule has 0 unspecified atom stereocenters. The number of aryl methyl sites for hydroxylation is 4. The summed E-state index contributed by atoms with van der Waals surface area (Å²) in [7, 11) is 6.87. The van der Waals surface area contributed by atoms with Crippen LogP contribution in [0.3, 0.4) is 0 Å². The van der Waals surface area contributed by atoms with Gasteiger partial charge in [-0.3, -0.25) is 0 Å². The van der Waals surface area contributed by atoms with Crippen LogP contribution in [-0.2, 0) is 25.7 Å². The summed E-state index contributed by atoms with van der Waals surface area (Å²) in [6.45, 7) is 8.67. The van der Waals surface area contributed by atoms with Gasteiger partial charge < -0.3 is 38.5 Å². The molecule has 0 fully saturated rings. The Labute approximate surface area is 634 Å². The highest BCUT2D eigenvalue weighted by Gasteiger charge is 2.30. The number of anilines is 12. The number of methoxy groups -OCH3 is 4. The van der Waals surface area contributed by atoms with Gasteiger partial charge in [-0.1, -0.05) is 192 Å². The molecule has 0 bridgehead atoms. The molecule has 8 nitrogen and oxygen atoms in total. The molecule has 0 aliphatic carbocycles. The second kappa shape index (κ2) is 30.6. The first kappa shape index (κ1) is 69.3. The van der Waals surface area contributed by atoms with E-state index in [0.29, 0.717) is 0 Å². The molecule has 0 saturated heterocycles. The molecule has 0 spiro atoms. The van der Waals surface area contributed by atoms with Crippen molar-refractivity contribution in [2.45, 2.75) is 53.4 Å². The minimum Gasteiger partial charge on any atom is -0.497 e. The summed E-state index contributed by atoms with van der Waals surface area (Å²) in [6, 6.07) is 121. The molecule has 0 radical (unpaired) electrons. The number of ether oxygens (including phenoxy) is 4. The Bertz CT molecular complexity index is 5040. The number of nitrogens with zero attached hydrogens (tertiary/aromatic N) is 4. The summed E-state index contributed by atoms with van der Waals surface area (Å²) in [5, 5.41) is 6.69. The van der Waals surface area contributed by atoms with E-state index in [9.17, 15) is 0 Å². The zero-order valence-corrected chi connectivity index (χ0v) is 62.4. The van der Waals surface area contributed by atoms with Gasteiger partial charge >= 0.3 is 0 Å². The number of hydrogen-bond acceptors (Lipinski definition) is 8. The van der Waals surface area contributed by atoms with Gasteiger partial charge in [0.2, 0.25) is 0 Å². The largest absolute Gasteiger partial charge is 0.497 e. The predicted molar refractivity (Wildman–Crippen MR) is 451 cm³/mol. The highest BCUT2D eigenvalue weighted by Crippen LogP contribution is 2.55. The van der Waals surface area contributed by atoms with Crippen molar-refractivity contribution in [2.75, 3.05) is 48.0 Å². The third-order valence-corrected chi connectivity index (χ3v) is 21.0. The van der Waals surface area contributed by atoms with E-state index in [1.807, 2.05) is 48.5 Å². The van der Waals surface area contributed by atoms with Crippen LogP contribution in [0.4, 0.5) is 68.2 Å². The monoisotopic (exact) mass is 1410 g/mol. The van der Waals surface area contributed by atoms with Crippen LogP contribution >= 0.6 is 0 Å². The summed E-state index contributed by atoms with van der Waals surface area (Å²) in [5.41, 5.74) is 26.8. The SMILES string of the molecule is COc1ccc(Cc2ccc(N(c3ccc(C)cc3)c3cc(N(c4ccc(C)cc4)c4ccc(Cc5ccc(OC)cc5)cc4)c4ccc5c(N(c6ccc(C)cc6)c6ccc(Cc7ccc(OC)cc7)cc6)cc(N(c6ccc(C)cc6)c6ccc(Cc7ccc(OC)cc7)cc6)c6ccc3c4c65)cc2)cc1. The average Bonchev–Trinajstić information content (AvgIpc) is 0.700. The first-order valence-corrected chi connectivity index (χ1v) is 37.0. The molecule has 108 heavy (non-hydrogen) atoms. The lowest BCUT2D eigenvalue weighted by Crippen LogP contribution is -2.16. The van der Waals surface area contributed by atoms with Crippen LogP contribution in [0.15, 0.2) is 328 Å². The maximum Gasteiger partial charge on any atom is 0.118 e. The molecule has 0 aliphatic heterocycles. The average molecular weight is 1410 g/mol. The Morgan fingerprint density at radius 2 is 0.333 bits per heavy atom. The summed E-state index contributed by atoms with van der Waals surface area (Å²) in [5.74, 6) is 3.38. The van der Waals surface area contributed by atoms with E-state index in [2.05, 4.69) is 326 Å². The Balaban J connectivity index is 0.987. The van der Waals surface area contributed by atoms with Gasteiger partial charge in [-0.2, -0.15) is 0 Å². The molecular formula is C100H86N4O4. The quantitative estimate of drug-likeness (QED) is 0.0555. The lowest BCUT2D eigenvalue weighted by Gasteiger charge is -2.34. The zero-order chi connectivity index (χ0) is 73.8. The minimum atomic E-state index is 0.771. The van der Waals surface area contributed by atoms with Crippen molar-refractivity contribution < 1.29 is 18.9 Å². The van der Waals surface area contributed by atoms with E-state index >= 15 is 0 Å². The van der Waals surface area contributed by atoms with Crippen LogP contribution in [0.5, 0.6) is 23.0 Å². The maximum atomic E-state index is 5.57. The van der Waals surface area contributed by atoms with Gasteiger partial charge in [0.15, 0.2) is 0 Å². The van der Waals surface area contributed by atoms with Crippen molar-refractivity contribution in [3.63, 3.8) is 0 Å². The normalized spacial score (nSPS) is 11.3. The van der Waals surface area contributed by atoms with Crippen LogP contribution in [0.25, 0.3) is 32.3 Å². The second-order valence-electron chi connectivity index (χ2n) is 28.4. The van der Waals surface area contributed by atoms with Gasteiger partial charge in [0.25, 0.3) is 0 Å². The second-order valence-corrected chi connectivity index (χ2v) is 28.4. The summed E-state index contributed by atoms with van der Waals surface area (Å²) in [4.78, 5) is 9.93. The molecule has 0 N–H and O–H groups in total. The Hall–Kier alpha value is -13.0. The smallest absolute Gasteiger partial charge is 0.118 e. The molecular weight excluding hydrogens is 1320 g/mol. The minimum absolute atomic E-state index is 0.771. The van der Waals surface area contributed by atoms with E-state index in [1.165, 1.54) is 66.8 Å². The zero-order valence-electron chi connectivity index (χ0n) is 62.4. The molecule has 0 aliphatic rings. The first-order valence-electron chi connectivity index (χ1n) is 37.0. The van der Waals surface area contributed by atoms with Crippen LogP contribution in [0.1, 0.15) is 66.8 Å². The van der Waals surface area contributed by atoms with Crippen molar-refractivity contribution in [3.8, 4) is 23.0 Å². The standard InChI is InChI=1S/C100H86N4O4/c1-67-9-33-79(34-10-67)101(83-41-17-71(18-42-83)61-75-25-49-87(105-5)50-26-75)95-65-96(102(80-35-11-68(2)12-36-80)84-43-19-72(20-44-84)62-76-27-51-88(106-6)52-28-76)92-59-60-94-98(104(82-39-15-70(4)16-40-82)86-47-23-74(24-48-86)64-78-31-55-90(108-8)56-32-78)66-97(93-58-57-91(95)99(92)100(93)94)103(81-37-13-69(3)14-38-81)85-45-21-73(22-46-85)63-77-29-53-89(107-7)54-30-77/h9-60,65-66H,61-64H2,1-8H3. The van der Waals surface area contributed by atoms with E-state index < -0.39 is 0 Å². The van der Waals surface area contributed by atoms with Crippen molar-refractivity contribution >= 4 is 101 Å². The van der Waals surface area contributed by atoms with Crippen LogP contribution in [0.2, 0.25) is 0 Å². The van der Waals surface area contributed by atoms with Crippen LogP contribution < -0.4 is 38.5 Å².